The molecule has 31 heavy (non-hydrogen) atoms. The summed E-state index contributed by atoms with van der Waals surface area (Å²) in [5, 5.41) is 0. The molecule has 0 aliphatic carbocycles. The first-order chi connectivity index (χ1) is 15.1. The lowest BCUT2D eigenvalue weighted by atomic mass is 9.69. The van der Waals surface area contributed by atoms with Crippen molar-refractivity contribution in [3.63, 3.8) is 0 Å². The van der Waals surface area contributed by atoms with Gasteiger partial charge in [-0.1, -0.05) is 86.2 Å². The number of esters is 2. The van der Waals surface area contributed by atoms with E-state index in [-0.39, 0.29) is 6.42 Å². The van der Waals surface area contributed by atoms with Crippen molar-refractivity contribution in [1.29, 1.82) is 0 Å². The fourth-order valence-electron chi connectivity index (χ4n) is 3.50. The van der Waals surface area contributed by atoms with E-state index in [9.17, 15) is 9.59 Å². The molecule has 2 aromatic rings. The number of unbranched alkanes of at least 4 members (excludes halogenated alkanes) is 2. The molecule has 0 radical (unpaired) electrons. The molecular weight excluding hydrogens is 388 g/mol. The van der Waals surface area contributed by atoms with Gasteiger partial charge in [0.25, 0.3) is 0 Å². The molecule has 2 aromatic carbocycles. The molecule has 4 heteroatoms. The summed E-state index contributed by atoms with van der Waals surface area (Å²) in [6.07, 6.45) is 6.49. The standard InChI is InChI=1S/C27H30O4/c1-4-5-6-7-14-21-27(25(28)30-2,26(29)31-3)24(23-17-12-9-13-18-23)20-19-22-15-10-8-11-16-22/h8-13,15-20,24H,4-6,21H2,1-3H3/b20-19+/t24-/m1/s1. The minimum Gasteiger partial charge on any atom is -0.468 e. The molecule has 0 saturated heterocycles. The summed E-state index contributed by atoms with van der Waals surface area (Å²) in [7, 11) is 2.57. The second-order valence-electron chi connectivity index (χ2n) is 7.25. The van der Waals surface area contributed by atoms with Crippen LogP contribution in [0.2, 0.25) is 0 Å². The van der Waals surface area contributed by atoms with Crippen molar-refractivity contribution < 1.29 is 19.1 Å². The zero-order valence-corrected chi connectivity index (χ0v) is 18.5. The Kier molecular flexibility index (Phi) is 9.58. The molecule has 1 atom stereocenters. The fourth-order valence-corrected chi connectivity index (χ4v) is 3.50. The summed E-state index contributed by atoms with van der Waals surface area (Å²) < 4.78 is 10.3. The maximum Gasteiger partial charge on any atom is 0.325 e. The van der Waals surface area contributed by atoms with Gasteiger partial charge in [0, 0.05) is 18.8 Å². The molecule has 0 aromatic heterocycles. The molecule has 0 saturated carbocycles. The van der Waals surface area contributed by atoms with Crippen LogP contribution in [0, 0.1) is 17.3 Å². The van der Waals surface area contributed by atoms with Gasteiger partial charge in [0.05, 0.1) is 14.2 Å². The van der Waals surface area contributed by atoms with Crippen LogP contribution in [0.25, 0.3) is 6.08 Å². The van der Waals surface area contributed by atoms with E-state index in [4.69, 9.17) is 9.47 Å². The largest absolute Gasteiger partial charge is 0.468 e. The van der Waals surface area contributed by atoms with Crippen molar-refractivity contribution in [2.24, 2.45) is 5.41 Å². The van der Waals surface area contributed by atoms with Gasteiger partial charge in [0.1, 0.15) is 0 Å². The highest BCUT2D eigenvalue weighted by atomic mass is 16.5. The monoisotopic (exact) mass is 418 g/mol. The maximum atomic E-state index is 13.2. The number of hydrogen-bond acceptors (Lipinski definition) is 4. The van der Waals surface area contributed by atoms with Crippen LogP contribution < -0.4 is 0 Å². The van der Waals surface area contributed by atoms with Crippen LogP contribution in [0.5, 0.6) is 0 Å². The Hall–Kier alpha value is -3.32. The van der Waals surface area contributed by atoms with E-state index in [1.165, 1.54) is 14.2 Å². The number of benzene rings is 2. The first kappa shape index (κ1) is 24.0. The van der Waals surface area contributed by atoms with Crippen LogP contribution in [0.1, 0.15) is 49.7 Å². The van der Waals surface area contributed by atoms with Crippen LogP contribution in [-0.2, 0) is 19.1 Å². The van der Waals surface area contributed by atoms with Gasteiger partial charge in [0.2, 0.25) is 0 Å². The summed E-state index contributed by atoms with van der Waals surface area (Å²) in [5.74, 6) is 4.21. The molecule has 0 amide bonds. The van der Waals surface area contributed by atoms with Gasteiger partial charge >= 0.3 is 11.9 Å². The van der Waals surface area contributed by atoms with Crippen LogP contribution in [0.3, 0.4) is 0 Å². The summed E-state index contributed by atoms with van der Waals surface area (Å²) >= 11 is 0. The number of methoxy groups -OCH3 is 2. The fraction of sp³-hybridized carbons (Fsp3) is 0.333. The molecule has 0 spiro atoms. The normalized spacial score (nSPS) is 12.0. The van der Waals surface area contributed by atoms with E-state index >= 15 is 0 Å². The Morgan fingerprint density at radius 1 is 0.935 bits per heavy atom. The molecular formula is C27H30O4. The lowest BCUT2D eigenvalue weighted by molar-refractivity contribution is -0.169. The molecule has 2 rings (SSSR count). The van der Waals surface area contributed by atoms with Gasteiger partial charge < -0.3 is 9.47 Å². The highest BCUT2D eigenvalue weighted by Gasteiger charge is 2.54. The van der Waals surface area contributed by atoms with E-state index in [1.807, 2.05) is 72.8 Å². The predicted octanol–water partition coefficient (Wildman–Crippen LogP) is 5.40. The summed E-state index contributed by atoms with van der Waals surface area (Å²) in [5.41, 5.74) is 0.150. The average molecular weight is 419 g/mol. The number of carbonyl (C=O) groups is 2. The highest BCUT2D eigenvalue weighted by molar-refractivity contribution is 6.02. The van der Waals surface area contributed by atoms with Crippen molar-refractivity contribution >= 4 is 18.0 Å². The number of ether oxygens (including phenoxy) is 2. The molecule has 0 bridgehead atoms. The molecule has 0 unspecified atom stereocenters. The third kappa shape index (κ3) is 6.08. The van der Waals surface area contributed by atoms with Crippen LogP contribution in [0.4, 0.5) is 0 Å². The molecule has 0 fully saturated rings. The van der Waals surface area contributed by atoms with Crippen molar-refractivity contribution in [3.05, 3.63) is 77.9 Å². The highest BCUT2D eigenvalue weighted by Crippen LogP contribution is 2.43. The number of hydrogen-bond donors (Lipinski definition) is 0. The third-order valence-corrected chi connectivity index (χ3v) is 5.22. The first-order valence-electron chi connectivity index (χ1n) is 10.5. The summed E-state index contributed by atoms with van der Waals surface area (Å²) in [4.78, 5) is 26.3. The first-order valence-corrected chi connectivity index (χ1v) is 10.5. The minimum atomic E-state index is -1.62. The van der Waals surface area contributed by atoms with Gasteiger partial charge in [0.15, 0.2) is 5.41 Å². The van der Waals surface area contributed by atoms with Gasteiger partial charge in [-0.2, -0.15) is 0 Å². The Bertz CT molecular complexity index is 904. The van der Waals surface area contributed by atoms with Gasteiger partial charge in [-0.15, -0.1) is 11.8 Å². The molecule has 0 aliphatic heterocycles. The van der Waals surface area contributed by atoms with E-state index < -0.39 is 23.3 Å². The number of allylic oxidation sites excluding steroid dienone is 1. The number of carbonyl (C=O) groups excluding carboxylic acids is 2. The summed E-state index contributed by atoms with van der Waals surface area (Å²) in [6.45, 7) is 2.09. The van der Waals surface area contributed by atoms with Crippen molar-refractivity contribution in [2.45, 2.75) is 38.5 Å². The maximum absolute atomic E-state index is 13.2. The minimum absolute atomic E-state index is 0.00868. The van der Waals surface area contributed by atoms with Crippen LogP contribution in [0.15, 0.2) is 66.7 Å². The predicted molar refractivity (Wildman–Crippen MR) is 123 cm³/mol. The van der Waals surface area contributed by atoms with E-state index in [1.54, 1.807) is 0 Å². The van der Waals surface area contributed by atoms with Crippen molar-refractivity contribution in [2.75, 3.05) is 14.2 Å². The van der Waals surface area contributed by atoms with Crippen LogP contribution >= 0.6 is 0 Å². The molecule has 162 valence electrons. The SMILES string of the molecule is CCCCC#CCC(C(=O)OC)(C(=O)OC)[C@H](/C=C/c1ccccc1)c1ccccc1. The Balaban J connectivity index is 2.62. The van der Waals surface area contributed by atoms with Gasteiger partial charge in [-0.25, -0.2) is 0 Å². The average Bonchev–Trinajstić information content (AvgIpc) is 2.83. The van der Waals surface area contributed by atoms with Crippen molar-refractivity contribution in [3.8, 4) is 11.8 Å². The van der Waals surface area contributed by atoms with E-state index in [0.29, 0.717) is 6.42 Å². The Labute approximate surface area is 185 Å². The molecule has 0 N–H and O–H groups in total. The van der Waals surface area contributed by atoms with Crippen molar-refractivity contribution in [1.82, 2.24) is 0 Å². The second kappa shape index (κ2) is 12.4. The van der Waals surface area contributed by atoms with Crippen LogP contribution in [-0.4, -0.2) is 26.2 Å². The lowest BCUT2D eigenvalue weighted by Gasteiger charge is -2.33. The van der Waals surface area contributed by atoms with Gasteiger partial charge in [-0.3, -0.25) is 9.59 Å². The third-order valence-electron chi connectivity index (χ3n) is 5.22. The Morgan fingerprint density at radius 2 is 1.52 bits per heavy atom. The zero-order valence-electron chi connectivity index (χ0n) is 18.5. The Morgan fingerprint density at radius 3 is 2.06 bits per heavy atom. The zero-order chi connectivity index (χ0) is 22.5. The molecule has 0 heterocycles. The summed E-state index contributed by atoms with van der Waals surface area (Å²) in [6, 6.07) is 19.2. The molecule has 4 nitrogen and oxygen atoms in total. The molecule has 0 aliphatic rings. The quantitative estimate of drug-likeness (QED) is 0.237. The van der Waals surface area contributed by atoms with E-state index in [0.717, 1.165) is 24.0 Å². The second-order valence-corrected chi connectivity index (χ2v) is 7.25. The van der Waals surface area contributed by atoms with E-state index in [2.05, 4.69) is 18.8 Å². The number of rotatable bonds is 9. The smallest absolute Gasteiger partial charge is 0.325 e. The lowest BCUT2D eigenvalue weighted by Crippen LogP contribution is -2.45. The topological polar surface area (TPSA) is 52.6 Å². The van der Waals surface area contributed by atoms with Gasteiger partial charge in [-0.05, 0) is 17.5 Å².